The van der Waals surface area contributed by atoms with Gasteiger partial charge in [-0.1, -0.05) is 6.92 Å². The zero-order chi connectivity index (χ0) is 13.8. The standard InChI is InChI=1S/C15H33N3/c1-7-13(2)16-12-14(3)17-8-10-18(11-9-17)15(4,5)6/h13-14,16H,7-12H2,1-6H3. The van der Waals surface area contributed by atoms with Crippen LogP contribution in [-0.4, -0.2) is 60.1 Å². The number of hydrogen-bond acceptors (Lipinski definition) is 3. The van der Waals surface area contributed by atoms with Crippen LogP contribution in [0.25, 0.3) is 0 Å². The zero-order valence-electron chi connectivity index (χ0n) is 13.3. The predicted octanol–water partition coefficient (Wildman–Crippen LogP) is 2.18. The molecule has 1 N–H and O–H groups in total. The van der Waals surface area contributed by atoms with E-state index >= 15 is 0 Å². The zero-order valence-corrected chi connectivity index (χ0v) is 13.3. The largest absolute Gasteiger partial charge is 0.313 e. The molecule has 2 atom stereocenters. The van der Waals surface area contributed by atoms with E-state index in [9.17, 15) is 0 Å². The van der Waals surface area contributed by atoms with E-state index in [1.54, 1.807) is 0 Å². The summed E-state index contributed by atoms with van der Waals surface area (Å²) in [5.74, 6) is 0. The fourth-order valence-electron chi connectivity index (χ4n) is 2.48. The Kier molecular flexibility index (Phi) is 6.09. The lowest BCUT2D eigenvalue weighted by Gasteiger charge is -2.44. The Morgan fingerprint density at radius 1 is 1.06 bits per heavy atom. The van der Waals surface area contributed by atoms with Gasteiger partial charge in [-0.05, 0) is 41.0 Å². The van der Waals surface area contributed by atoms with Gasteiger partial charge in [-0.25, -0.2) is 0 Å². The van der Waals surface area contributed by atoms with Crippen molar-refractivity contribution in [3.8, 4) is 0 Å². The molecule has 0 spiro atoms. The van der Waals surface area contributed by atoms with Gasteiger partial charge in [-0.2, -0.15) is 0 Å². The summed E-state index contributed by atoms with van der Waals surface area (Å²) in [6.07, 6.45) is 1.21. The van der Waals surface area contributed by atoms with Crippen molar-refractivity contribution in [2.24, 2.45) is 0 Å². The van der Waals surface area contributed by atoms with Gasteiger partial charge in [0.15, 0.2) is 0 Å². The summed E-state index contributed by atoms with van der Waals surface area (Å²) in [5, 5.41) is 3.62. The second-order valence-electron chi connectivity index (χ2n) is 6.76. The maximum Gasteiger partial charge on any atom is 0.0193 e. The van der Waals surface area contributed by atoms with Gasteiger partial charge in [0.1, 0.15) is 0 Å². The molecule has 0 saturated carbocycles. The molecule has 1 fully saturated rings. The van der Waals surface area contributed by atoms with E-state index in [1.165, 1.54) is 32.6 Å². The van der Waals surface area contributed by atoms with Crippen molar-refractivity contribution in [1.82, 2.24) is 15.1 Å². The second-order valence-corrected chi connectivity index (χ2v) is 6.76. The molecule has 1 heterocycles. The third-order valence-corrected chi connectivity index (χ3v) is 4.26. The highest BCUT2D eigenvalue weighted by molar-refractivity contribution is 4.84. The molecular formula is C15H33N3. The molecule has 1 rings (SSSR count). The molecule has 3 nitrogen and oxygen atoms in total. The Morgan fingerprint density at radius 2 is 1.61 bits per heavy atom. The highest BCUT2D eigenvalue weighted by atomic mass is 15.3. The van der Waals surface area contributed by atoms with Crippen molar-refractivity contribution in [3.05, 3.63) is 0 Å². The second kappa shape index (κ2) is 6.88. The van der Waals surface area contributed by atoms with Crippen LogP contribution in [0, 0.1) is 0 Å². The molecule has 0 aromatic rings. The average molecular weight is 255 g/mol. The van der Waals surface area contributed by atoms with E-state index in [0.29, 0.717) is 17.6 Å². The van der Waals surface area contributed by atoms with Crippen LogP contribution in [0.5, 0.6) is 0 Å². The van der Waals surface area contributed by atoms with Crippen molar-refractivity contribution >= 4 is 0 Å². The summed E-state index contributed by atoms with van der Waals surface area (Å²) in [6.45, 7) is 19.8. The molecule has 1 aliphatic rings. The minimum atomic E-state index is 0.324. The van der Waals surface area contributed by atoms with Crippen LogP contribution in [0.2, 0.25) is 0 Å². The van der Waals surface area contributed by atoms with E-state index < -0.39 is 0 Å². The van der Waals surface area contributed by atoms with Gasteiger partial charge < -0.3 is 5.32 Å². The van der Waals surface area contributed by atoms with E-state index in [1.807, 2.05) is 0 Å². The Hall–Kier alpha value is -0.120. The average Bonchev–Trinajstić information content (AvgIpc) is 2.34. The number of nitrogens with one attached hydrogen (secondary N) is 1. The van der Waals surface area contributed by atoms with Crippen LogP contribution < -0.4 is 5.32 Å². The van der Waals surface area contributed by atoms with E-state index in [2.05, 4.69) is 56.7 Å². The maximum atomic E-state index is 3.62. The molecule has 1 aliphatic heterocycles. The molecule has 2 unspecified atom stereocenters. The van der Waals surface area contributed by atoms with E-state index in [-0.39, 0.29) is 0 Å². The van der Waals surface area contributed by atoms with E-state index in [4.69, 9.17) is 0 Å². The number of piperazine rings is 1. The Balaban J connectivity index is 2.29. The molecule has 1 saturated heterocycles. The first kappa shape index (κ1) is 15.9. The first-order valence-electron chi connectivity index (χ1n) is 7.57. The van der Waals surface area contributed by atoms with Crippen LogP contribution in [0.15, 0.2) is 0 Å². The smallest absolute Gasteiger partial charge is 0.0193 e. The van der Waals surface area contributed by atoms with Crippen LogP contribution in [0.3, 0.4) is 0 Å². The summed E-state index contributed by atoms with van der Waals surface area (Å²) < 4.78 is 0. The van der Waals surface area contributed by atoms with Gasteiger partial charge in [-0.3, -0.25) is 9.80 Å². The lowest BCUT2D eigenvalue weighted by atomic mass is 10.0. The van der Waals surface area contributed by atoms with Crippen LogP contribution in [-0.2, 0) is 0 Å². The first-order chi connectivity index (χ1) is 8.34. The summed E-state index contributed by atoms with van der Waals surface area (Å²) >= 11 is 0. The van der Waals surface area contributed by atoms with Crippen molar-refractivity contribution < 1.29 is 0 Å². The number of hydrogen-bond donors (Lipinski definition) is 1. The SMILES string of the molecule is CCC(C)NCC(C)N1CCN(C(C)(C)C)CC1. The predicted molar refractivity (Wildman–Crippen MR) is 80.1 cm³/mol. The molecule has 18 heavy (non-hydrogen) atoms. The van der Waals surface area contributed by atoms with Gasteiger partial charge in [0.25, 0.3) is 0 Å². The van der Waals surface area contributed by atoms with Crippen LogP contribution >= 0.6 is 0 Å². The number of nitrogens with zero attached hydrogens (tertiary/aromatic N) is 2. The van der Waals surface area contributed by atoms with Crippen molar-refractivity contribution in [2.75, 3.05) is 32.7 Å². The molecule has 0 radical (unpaired) electrons. The fourth-order valence-corrected chi connectivity index (χ4v) is 2.48. The molecule has 0 aliphatic carbocycles. The molecule has 3 heteroatoms. The highest BCUT2D eigenvalue weighted by Crippen LogP contribution is 2.16. The van der Waals surface area contributed by atoms with Crippen molar-refractivity contribution in [3.63, 3.8) is 0 Å². The van der Waals surface area contributed by atoms with Crippen molar-refractivity contribution in [1.29, 1.82) is 0 Å². The minimum absolute atomic E-state index is 0.324. The lowest BCUT2D eigenvalue weighted by molar-refractivity contribution is 0.0452. The van der Waals surface area contributed by atoms with Crippen LogP contribution in [0.1, 0.15) is 48.0 Å². The van der Waals surface area contributed by atoms with Crippen molar-refractivity contribution in [2.45, 2.75) is 65.6 Å². The first-order valence-corrected chi connectivity index (χ1v) is 7.57. The lowest BCUT2D eigenvalue weighted by Crippen LogP contribution is -2.56. The summed E-state index contributed by atoms with van der Waals surface area (Å²) in [6, 6.07) is 1.30. The van der Waals surface area contributed by atoms with Crippen LogP contribution in [0.4, 0.5) is 0 Å². The fraction of sp³-hybridized carbons (Fsp3) is 1.00. The van der Waals surface area contributed by atoms with Gasteiger partial charge in [0.05, 0.1) is 0 Å². The normalized spacial score (nSPS) is 23.0. The third kappa shape index (κ3) is 4.87. The van der Waals surface area contributed by atoms with Gasteiger partial charge in [-0.15, -0.1) is 0 Å². The molecule has 0 aromatic heterocycles. The third-order valence-electron chi connectivity index (χ3n) is 4.26. The minimum Gasteiger partial charge on any atom is -0.313 e. The Bertz CT molecular complexity index is 226. The Morgan fingerprint density at radius 3 is 2.06 bits per heavy atom. The maximum absolute atomic E-state index is 3.62. The Labute approximate surface area is 114 Å². The molecule has 0 aromatic carbocycles. The van der Waals surface area contributed by atoms with E-state index in [0.717, 1.165) is 6.54 Å². The molecule has 0 bridgehead atoms. The number of rotatable bonds is 5. The summed E-state index contributed by atoms with van der Waals surface area (Å²) in [5.41, 5.74) is 0.324. The molecule has 108 valence electrons. The molecule has 0 amide bonds. The van der Waals surface area contributed by atoms with Gasteiger partial charge in [0.2, 0.25) is 0 Å². The summed E-state index contributed by atoms with van der Waals surface area (Å²) in [7, 11) is 0. The quantitative estimate of drug-likeness (QED) is 0.812. The molecular weight excluding hydrogens is 222 g/mol. The summed E-state index contributed by atoms with van der Waals surface area (Å²) in [4.78, 5) is 5.22. The van der Waals surface area contributed by atoms with Gasteiger partial charge in [0, 0.05) is 50.3 Å². The monoisotopic (exact) mass is 255 g/mol. The van der Waals surface area contributed by atoms with Gasteiger partial charge >= 0.3 is 0 Å². The topological polar surface area (TPSA) is 18.5 Å². The highest BCUT2D eigenvalue weighted by Gasteiger charge is 2.27.